The molecule has 160 valence electrons. The van der Waals surface area contributed by atoms with Crippen LogP contribution in [0.15, 0.2) is 42.7 Å². The van der Waals surface area contributed by atoms with Crippen LogP contribution in [0.4, 0.5) is 0 Å². The van der Waals surface area contributed by atoms with Crippen molar-refractivity contribution in [3.8, 4) is 17.2 Å². The highest BCUT2D eigenvalue weighted by molar-refractivity contribution is 5.78. The van der Waals surface area contributed by atoms with Crippen LogP contribution in [-0.2, 0) is 9.53 Å². The number of ether oxygens (including phenoxy) is 3. The summed E-state index contributed by atoms with van der Waals surface area (Å²) >= 11 is 0. The molecule has 1 aromatic heterocycles. The number of methoxy groups -OCH3 is 1. The third-order valence-corrected chi connectivity index (χ3v) is 5.74. The molecule has 7 nitrogen and oxygen atoms in total. The number of hydrogen-bond donors (Lipinski definition) is 0. The van der Waals surface area contributed by atoms with E-state index in [0.717, 1.165) is 30.9 Å². The topological polar surface area (TPSA) is 64.1 Å². The number of likely N-dealkylation sites (tertiary alicyclic amines) is 1. The molecule has 0 bridgehead atoms. The van der Waals surface area contributed by atoms with Crippen molar-refractivity contribution in [3.05, 3.63) is 48.3 Å². The summed E-state index contributed by atoms with van der Waals surface area (Å²) in [7, 11) is 1.63. The summed E-state index contributed by atoms with van der Waals surface area (Å²) in [4.78, 5) is 21.4. The zero-order chi connectivity index (χ0) is 20.8. The first-order chi connectivity index (χ1) is 14.7. The first-order valence-electron chi connectivity index (χ1n) is 10.6. The van der Waals surface area contributed by atoms with Crippen molar-refractivity contribution in [2.45, 2.75) is 25.3 Å². The van der Waals surface area contributed by atoms with Crippen molar-refractivity contribution in [1.29, 1.82) is 0 Å². The fourth-order valence-electron chi connectivity index (χ4n) is 4.10. The number of hydrogen-bond acceptors (Lipinski definition) is 6. The number of morpholine rings is 1. The molecule has 7 heteroatoms. The van der Waals surface area contributed by atoms with Gasteiger partial charge in [0.05, 0.1) is 19.8 Å². The Morgan fingerprint density at radius 2 is 1.97 bits per heavy atom. The molecule has 1 unspecified atom stereocenters. The Kier molecular flexibility index (Phi) is 6.81. The van der Waals surface area contributed by atoms with Crippen LogP contribution in [0.25, 0.3) is 0 Å². The summed E-state index contributed by atoms with van der Waals surface area (Å²) in [5.74, 6) is 2.08. The molecule has 2 aliphatic rings. The molecule has 0 radical (unpaired) electrons. The Morgan fingerprint density at radius 1 is 1.13 bits per heavy atom. The Bertz CT molecular complexity index is 854. The van der Waals surface area contributed by atoms with Crippen LogP contribution < -0.4 is 9.47 Å². The predicted molar refractivity (Wildman–Crippen MR) is 113 cm³/mol. The average Bonchev–Trinajstić information content (AvgIpc) is 2.79. The molecule has 0 aliphatic carbocycles. The molecule has 1 atom stereocenters. The normalized spacial score (nSPS) is 20.2. The molecule has 2 fully saturated rings. The molecule has 0 saturated carbocycles. The maximum absolute atomic E-state index is 12.7. The van der Waals surface area contributed by atoms with Crippen LogP contribution in [0.2, 0.25) is 0 Å². The maximum Gasteiger partial charge on any atom is 0.249 e. The van der Waals surface area contributed by atoms with E-state index in [4.69, 9.17) is 14.2 Å². The fourth-order valence-corrected chi connectivity index (χ4v) is 4.10. The van der Waals surface area contributed by atoms with Crippen LogP contribution in [-0.4, -0.2) is 67.2 Å². The minimum atomic E-state index is -0.217. The monoisotopic (exact) mass is 411 g/mol. The number of carbonyl (C=O) groups excluding carboxylic acids is 1. The van der Waals surface area contributed by atoms with Crippen LogP contribution >= 0.6 is 0 Å². The van der Waals surface area contributed by atoms with E-state index in [-0.39, 0.29) is 18.6 Å². The molecular weight excluding hydrogens is 382 g/mol. The van der Waals surface area contributed by atoms with E-state index < -0.39 is 0 Å². The van der Waals surface area contributed by atoms with Gasteiger partial charge in [-0.25, -0.2) is 0 Å². The van der Waals surface area contributed by atoms with Crippen molar-refractivity contribution < 1.29 is 19.0 Å². The van der Waals surface area contributed by atoms with Gasteiger partial charge < -0.3 is 24.0 Å². The summed E-state index contributed by atoms with van der Waals surface area (Å²) in [6.07, 6.45) is 7.25. The average molecular weight is 412 g/mol. The smallest absolute Gasteiger partial charge is 0.249 e. The minimum absolute atomic E-state index is 0.0134. The van der Waals surface area contributed by atoms with Crippen molar-refractivity contribution >= 4 is 5.91 Å². The second-order valence-corrected chi connectivity index (χ2v) is 7.71. The Morgan fingerprint density at radius 3 is 2.80 bits per heavy atom. The number of nitrogens with zero attached hydrogens (tertiary/aromatic N) is 3. The largest absolute Gasteiger partial charge is 0.497 e. The van der Waals surface area contributed by atoms with Crippen LogP contribution in [0.1, 0.15) is 30.9 Å². The second-order valence-electron chi connectivity index (χ2n) is 7.71. The van der Waals surface area contributed by atoms with Gasteiger partial charge in [-0.1, -0.05) is 12.5 Å². The molecule has 0 spiro atoms. The number of piperidine rings is 1. The van der Waals surface area contributed by atoms with Gasteiger partial charge in [0.15, 0.2) is 0 Å². The number of amides is 1. The van der Waals surface area contributed by atoms with E-state index in [1.165, 1.54) is 19.3 Å². The van der Waals surface area contributed by atoms with E-state index in [0.29, 0.717) is 24.7 Å². The number of rotatable bonds is 7. The SMILES string of the molecule is COc1cccc(Oc2ccncc2C2COCC(=O)N2CCN2CCCCC2)c1. The lowest BCUT2D eigenvalue weighted by molar-refractivity contribution is -0.148. The third-order valence-electron chi connectivity index (χ3n) is 5.74. The van der Waals surface area contributed by atoms with E-state index in [9.17, 15) is 4.79 Å². The van der Waals surface area contributed by atoms with Gasteiger partial charge in [-0.3, -0.25) is 9.78 Å². The van der Waals surface area contributed by atoms with E-state index in [1.807, 2.05) is 35.2 Å². The molecule has 3 heterocycles. The highest BCUT2D eigenvalue weighted by atomic mass is 16.5. The van der Waals surface area contributed by atoms with Gasteiger partial charge >= 0.3 is 0 Å². The molecule has 0 N–H and O–H groups in total. The molecule has 1 amide bonds. The summed E-state index contributed by atoms with van der Waals surface area (Å²) in [6.45, 7) is 4.35. The molecule has 1 aromatic carbocycles. The van der Waals surface area contributed by atoms with Gasteiger partial charge in [0.1, 0.15) is 23.9 Å². The predicted octanol–water partition coefficient (Wildman–Crippen LogP) is 3.27. The zero-order valence-corrected chi connectivity index (χ0v) is 17.5. The van der Waals surface area contributed by atoms with Crippen molar-refractivity contribution in [1.82, 2.24) is 14.8 Å². The molecule has 2 aliphatic heterocycles. The van der Waals surface area contributed by atoms with Crippen LogP contribution in [0, 0.1) is 0 Å². The standard InChI is InChI=1S/C23H29N3O4/c1-28-18-6-5-7-19(14-18)30-22-8-9-24-15-20(22)21-16-29-17-23(27)26(21)13-12-25-10-3-2-4-11-25/h5-9,14-15,21H,2-4,10-13,16-17H2,1H3. The summed E-state index contributed by atoms with van der Waals surface area (Å²) in [5, 5.41) is 0. The van der Waals surface area contributed by atoms with Gasteiger partial charge in [0, 0.05) is 37.1 Å². The molecule has 2 saturated heterocycles. The van der Waals surface area contributed by atoms with Gasteiger partial charge in [-0.15, -0.1) is 0 Å². The van der Waals surface area contributed by atoms with E-state index >= 15 is 0 Å². The van der Waals surface area contributed by atoms with E-state index in [1.54, 1.807) is 19.5 Å². The van der Waals surface area contributed by atoms with Gasteiger partial charge in [-0.2, -0.15) is 0 Å². The molecule has 30 heavy (non-hydrogen) atoms. The zero-order valence-electron chi connectivity index (χ0n) is 17.5. The summed E-state index contributed by atoms with van der Waals surface area (Å²) in [6, 6.07) is 9.08. The second kappa shape index (κ2) is 9.91. The lowest BCUT2D eigenvalue weighted by atomic mass is 10.1. The van der Waals surface area contributed by atoms with Crippen LogP contribution in [0.3, 0.4) is 0 Å². The van der Waals surface area contributed by atoms with Gasteiger partial charge in [-0.05, 0) is 44.1 Å². The number of carbonyl (C=O) groups is 1. The van der Waals surface area contributed by atoms with Crippen LogP contribution in [0.5, 0.6) is 17.2 Å². The number of benzene rings is 1. The first-order valence-corrected chi connectivity index (χ1v) is 10.6. The Labute approximate surface area is 177 Å². The van der Waals surface area contributed by atoms with Crippen molar-refractivity contribution in [2.75, 3.05) is 46.5 Å². The Hall–Kier alpha value is -2.64. The summed E-state index contributed by atoms with van der Waals surface area (Å²) in [5.41, 5.74) is 0.854. The van der Waals surface area contributed by atoms with Crippen molar-refractivity contribution in [3.63, 3.8) is 0 Å². The fraction of sp³-hybridized carbons (Fsp3) is 0.478. The van der Waals surface area contributed by atoms with Gasteiger partial charge in [0.2, 0.25) is 5.91 Å². The maximum atomic E-state index is 12.7. The molecular formula is C23H29N3O4. The van der Waals surface area contributed by atoms with Crippen molar-refractivity contribution in [2.24, 2.45) is 0 Å². The third kappa shape index (κ3) is 4.91. The first kappa shape index (κ1) is 20.6. The number of pyridine rings is 1. The minimum Gasteiger partial charge on any atom is -0.497 e. The highest BCUT2D eigenvalue weighted by Gasteiger charge is 2.32. The lowest BCUT2D eigenvalue weighted by Gasteiger charge is -2.38. The van der Waals surface area contributed by atoms with E-state index in [2.05, 4.69) is 9.88 Å². The lowest BCUT2D eigenvalue weighted by Crippen LogP contribution is -2.48. The van der Waals surface area contributed by atoms with Gasteiger partial charge in [0.25, 0.3) is 0 Å². The number of aromatic nitrogens is 1. The highest BCUT2D eigenvalue weighted by Crippen LogP contribution is 2.34. The molecule has 2 aromatic rings. The Balaban J connectivity index is 1.53. The summed E-state index contributed by atoms with van der Waals surface area (Å²) < 4.78 is 17.1. The molecule has 4 rings (SSSR count). The quantitative estimate of drug-likeness (QED) is 0.697.